The summed E-state index contributed by atoms with van der Waals surface area (Å²) in [4.78, 5) is 11.8. The van der Waals surface area contributed by atoms with Crippen LogP contribution in [0.15, 0.2) is 40.9 Å². The van der Waals surface area contributed by atoms with Gasteiger partial charge in [-0.15, -0.1) is 0 Å². The van der Waals surface area contributed by atoms with Gasteiger partial charge < -0.3 is 10.1 Å². The van der Waals surface area contributed by atoms with E-state index in [1.807, 2.05) is 0 Å². The van der Waals surface area contributed by atoms with Crippen molar-refractivity contribution in [2.75, 3.05) is 11.9 Å². The third kappa shape index (κ3) is 4.78. The van der Waals surface area contributed by atoms with E-state index >= 15 is 0 Å². The molecular formula is C14H9BrCl3NO2. The number of hydrogen-bond donors (Lipinski definition) is 1. The van der Waals surface area contributed by atoms with Crippen LogP contribution in [0.4, 0.5) is 5.69 Å². The maximum absolute atomic E-state index is 11.8. The summed E-state index contributed by atoms with van der Waals surface area (Å²) in [5.74, 6) is 0.0605. The molecule has 0 spiro atoms. The van der Waals surface area contributed by atoms with Crippen molar-refractivity contribution in [3.05, 3.63) is 55.9 Å². The summed E-state index contributed by atoms with van der Waals surface area (Å²) in [6, 6.07) is 9.93. The number of amides is 1. The number of anilines is 1. The number of carbonyl (C=O) groups is 1. The van der Waals surface area contributed by atoms with Crippen molar-refractivity contribution in [3.63, 3.8) is 0 Å². The second kappa shape index (κ2) is 7.36. The van der Waals surface area contributed by atoms with Crippen molar-refractivity contribution < 1.29 is 9.53 Å². The van der Waals surface area contributed by atoms with Crippen LogP contribution in [-0.2, 0) is 4.79 Å². The van der Waals surface area contributed by atoms with E-state index in [1.54, 1.807) is 36.4 Å². The summed E-state index contributed by atoms with van der Waals surface area (Å²) < 4.78 is 6.18. The Hall–Kier alpha value is -0.940. The molecule has 0 heterocycles. The third-order valence-electron chi connectivity index (χ3n) is 2.46. The molecule has 0 aliphatic rings. The minimum absolute atomic E-state index is 0.190. The van der Waals surface area contributed by atoms with Crippen LogP contribution < -0.4 is 10.1 Å². The van der Waals surface area contributed by atoms with Gasteiger partial charge >= 0.3 is 0 Å². The Kier molecular flexibility index (Phi) is 5.76. The molecule has 1 amide bonds. The van der Waals surface area contributed by atoms with Gasteiger partial charge in [-0.3, -0.25) is 4.79 Å². The Morgan fingerprint density at radius 2 is 1.86 bits per heavy atom. The Bertz CT molecular complexity index is 679. The fraction of sp³-hybridized carbons (Fsp3) is 0.0714. The van der Waals surface area contributed by atoms with E-state index in [0.29, 0.717) is 26.5 Å². The summed E-state index contributed by atoms with van der Waals surface area (Å²) >= 11 is 21.1. The monoisotopic (exact) mass is 407 g/mol. The molecule has 0 aliphatic carbocycles. The summed E-state index contributed by atoms with van der Waals surface area (Å²) in [5, 5.41) is 3.91. The Morgan fingerprint density at radius 3 is 2.57 bits per heavy atom. The van der Waals surface area contributed by atoms with E-state index in [9.17, 15) is 4.79 Å². The molecule has 2 aromatic carbocycles. The first-order valence-electron chi connectivity index (χ1n) is 5.78. The molecule has 0 saturated carbocycles. The highest BCUT2D eigenvalue weighted by molar-refractivity contribution is 9.10. The largest absolute Gasteiger partial charge is 0.482 e. The van der Waals surface area contributed by atoms with Crippen LogP contribution in [0, 0.1) is 0 Å². The van der Waals surface area contributed by atoms with Gasteiger partial charge in [0.1, 0.15) is 5.75 Å². The van der Waals surface area contributed by atoms with Crippen molar-refractivity contribution in [1.82, 2.24) is 0 Å². The Balaban J connectivity index is 1.97. The van der Waals surface area contributed by atoms with Gasteiger partial charge in [-0.1, -0.05) is 50.7 Å². The molecule has 21 heavy (non-hydrogen) atoms. The normalized spacial score (nSPS) is 10.3. The molecule has 110 valence electrons. The van der Waals surface area contributed by atoms with Gasteiger partial charge in [0.2, 0.25) is 0 Å². The molecule has 7 heteroatoms. The van der Waals surface area contributed by atoms with Crippen molar-refractivity contribution in [3.8, 4) is 5.75 Å². The number of nitrogens with one attached hydrogen (secondary N) is 1. The smallest absolute Gasteiger partial charge is 0.262 e. The molecular weight excluding hydrogens is 400 g/mol. The summed E-state index contributed by atoms with van der Waals surface area (Å²) in [6.45, 7) is -0.190. The topological polar surface area (TPSA) is 38.3 Å². The minimum atomic E-state index is -0.363. The molecule has 0 fully saturated rings. The molecule has 2 rings (SSSR count). The lowest BCUT2D eigenvalue weighted by Gasteiger charge is -2.10. The highest BCUT2D eigenvalue weighted by atomic mass is 79.9. The van der Waals surface area contributed by atoms with E-state index in [2.05, 4.69) is 21.2 Å². The molecule has 1 N–H and O–H groups in total. The number of halogens is 4. The standard InChI is InChI=1S/C14H9BrCl3NO2/c15-8-1-4-13(11(18)5-8)21-7-14(20)19-12-6-9(16)2-3-10(12)17/h1-6H,7H2,(H,19,20). The predicted molar refractivity (Wildman–Crippen MR) is 89.7 cm³/mol. The second-order valence-electron chi connectivity index (χ2n) is 4.04. The first-order chi connectivity index (χ1) is 9.95. The van der Waals surface area contributed by atoms with E-state index in [-0.39, 0.29) is 12.5 Å². The van der Waals surface area contributed by atoms with Crippen LogP contribution in [0.2, 0.25) is 15.1 Å². The molecule has 0 radical (unpaired) electrons. The van der Waals surface area contributed by atoms with Gasteiger partial charge in [-0.2, -0.15) is 0 Å². The molecule has 2 aromatic rings. The number of hydrogen-bond acceptors (Lipinski definition) is 2. The lowest BCUT2D eigenvalue weighted by molar-refractivity contribution is -0.118. The SMILES string of the molecule is O=C(COc1ccc(Br)cc1Cl)Nc1cc(Cl)ccc1Cl. The number of benzene rings is 2. The lowest BCUT2D eigenvalue weighted by Crippen LogP contribution is -2.20. The molecule has 0 atom stereocenters. The number of ether oxygens (including phenoxy) is 1. The van der Waals surface area contributed by atoms with E-state index in [1.165, 1.54) is 0 Å². The van der Waals surface area contributed by atoms with Gasteiger partial charge in [0, 0.05) is 9.50 Å². The van der Waals surface area contributed by atoms with Gasteiger partial charge in [-0.25, -0.2) is 0 Å². The van der Waals surface area contributed by atoms with Crippen LogP contribution in [0.25, 0.3) is 0 Å². The first-order valence-corrected chi connectivity index (χ1v) is 7.71. The molecule has 0 saturated heterocycles. The minimum Gasteiger partial charge on any atom is -0.482 e. The maximum atomic E-state index is 11.8. The van der Waals surface area contributed by atoms with Crippen molar-refractivity contribution in [1.29, 1.82) is 0 Å². The van der Waals surface area contributed by atoms with Crippen LogP contribution in [0.3, 0.4) is 0 Å². The highest BCUT2D eigenvalue weighted by Gasteiger charge is 2.09. The Morgan fingerprint density at radius 1 is 1.10 bits per heavy atom. The second-order valence-corrected chi connectivity index (χ2v) is 6.20. The van der Waals surface area contributed by atoms with E-state index in [0.717, 1.165) is 4.47 Å². The fourth-order valence-electron chi connectivity index (χ4n) is 1.52. The van der Waals surface area contributed by atoms with Gasteiger partial charge in [0.25, 0.3) is 5.91 Å². The van der Waals surface area contributed by atoms with Crippen LogP contribution in [-0.4, -0.2) is 12.5 Å². The molecule has 0 unspecified atom stereocenters. The van der Waals surface area contributed by atoms with E-state index < -0.39 is 0 Å². The molecule has 0 aromatic heterocycles. The quantitative estimate of drug-likeness (QED) is 0.732. The Labute approximate surface area is 145 Å². The van der Waals surface area contributed by atoms with Crippen LogP contribution in [0.1, 0.15) is 0 Å². The zero-order valence-electron chi connectivity index (χ0n) is 10.5. The predicted octanol–water partition coefficient (Wildman–Crippen LogP) is 5.43. The van der Waals surface area contributed by atoms with Gasteiger partial charge in [-0.05, 0) is 36.4 Å². The zero-order valence-corrected chi connectivity index (χ0v) is 14.4. The summed E-state index contributed by atoms with van der Waals surface area (Å²) in [5.41, 5.74) is 0.430. The average Bonchev–Trinajstić information content (AvgIpc) is 2.42. The fourth-order valence-corrected chi connectivity index (χ4v) is 2.58. The molecule has 3 nitrogen and oxygen atoms in total. The molecule has 0 aliphatic heterocycles. The highest BCUT2D eigenvalue weighted by Crippen LogP contribution is 2.28. The van der Waals surface area contributed by atoms with E-state index in [4.69, 9.17) is 39.5 Å². The first kappa shape index (κ1) is 16.4. The number of carbonyl (C=O) groups excluding carboxylic acids is 1. The number of rotatable bonds is 4. The van der Waals surface area contributed by atoms with Gasteiger partial charge in [0.05, 0.1) is 15.7 Å². The van der Waals surface area contributed by atoms with Crippen LogP contribution >= 0.6 is 50.7 Å². The molecule has 0 bridgehead atoms. The zero-order chi connectivity index (χ0) is 15.4. The van der Waals surface area contributed by atoms with Gasteiger partial charge in [0.15, 0.2) is 6.61 Å². The maximum Gasteiger partial charge on any atom is 0.262 e. The van der Waals surface area contributed by atoms with Crippen LogP contribution in [0.5, 0.6) is 5.75 Å². The summed E-state index contributed by atoms with van der Waals surface area (Å²) in [7, 11) is 0. The summed E-state index contributed by atoms with van der Waals surface area (Å²) in [6.07, 6.45) is 0. The third-order valence-corrected chi connectivity index (χ3v) is 3.81. The van der Waals surface area contributed by atoms with Crippen molar-refractivity contribution >= 4 is 62.3 Å². The lowest BCUT2D eigenvalue weighted by atomic mass is 10.3. The van der Waals surface area contributed by atoms with Crippen molar-refractivity contribution in [2.24, 2.45) is 0 Å². The van der Waals surface area contributed by atoms with Crippen molar-refractivity contribution in [2.45, 2.75) is 0 Å². The average molecular weight is 409 g/mol.